The molecule has 5 heterocycles. The van der Waals surface area contributed by atoms with Crippen molar-refractivity contribution in [2.45, 2.75) is 70.4 Å². The highest BCUT2D eigenvalue weighted by atomic mass is 35.5. The van der Waals surface area contributed by atoms with Crippen molar-refractivity contribution < 1.29 is 28.6 Å². The second-order valence-electron chi connectivity index (χ2n) is 13.8. The van der Waals surface area contributed by atoms with Crippen LogP contribution < -0.4 is 14.5 Å². The van der Waals surface area contributed by atoms with Gasteiger partial charge in [0.1, 0.15) is 40.3 Å². The van der Waals surface area contributed by atoms with Gasteiger partial charge in [0.2, 0.25) is 5.88 Å². The number of anilines is 2. The molecule has 0 aliphatic carbocycles. The lowest BCUT2D eigenvalue weighted by atomic mass is 9.93. The monoisotopic (exact) mass is 683 g/mol. The second kappa shape index (κ2) is 11.4. The number of piperazine rings is 1. The van der Waals surface area contributed by atoms with Gasteiger partial charge in [-0.05, 0) is 72.3 Å². The van der Waals surface area contributed by atoms with E-state index in [1.54, 1.807) is 23.1 Å². The Bertz CT molecular complexity index is 1840. The molecule has 0 unspecified atom stereocenters. The molecule has 0 spiro atoms. The van der Waals surface area contributed by atoms with E-state index in [4.69, 9.17) is 37.7 Å². The number of carbonyl (C=O) groups excluding carboxylic acids is 2. The number of likely N-dealkylation sites (N-methyl/N-ethyl adjacent to an activating group) is 1. The van der Waals surface area contributed by atoms with E-state index in [0.717, 1.165) is 19.4 Å². The van der Waals surface area contributed by atoms with Gasteiger partial charge < -0.3 is 29.3 Å². The Kier molecular flexibility index (Phi) is 7.75. The number of nitrogens with zero attached hydrogens (tertiary/aromatic N) is 5. The van der Waals surface area contributed by atoms with Crippen LogP contribution in [0.15, 0.2) is 30.0 Å². The number of likely N-dealkylation sites (tertiary alicyclic amines) is 1. The van der Waals surface area contributed by atoms with Gasteiger partial charge in [0.15, 0.2) is 5.82 Å². The number of phenols is 1. The van der Waals surface area contributed by atoms with Gasteiger partial charge in [0.25, 0.3) is 0 Å². The summed E-state index contributed by atoms with van der Waals surface area (Å²) < 4.78 is 29.2. The number of carbonyl (C=O) groups is 1. The average Bonchev–Trinajstić information content (AvgIpc) is 3.43. The lowest BCUT2D eigenvalue weighted by Gasteiger charge is -2.53. The number of pyridine rings is 1. The standard InChI is InChI=1S/C34H36Cl2FN5O5/c1-17-13-41-22(14-40(17)33(45)47-34(2,3)4)23(16-43)42-15-25(21-9-7-11-39(21)5)46-32-31(42)30(41)18-12-20(36)27(28(37)29(18)38-32)26-19(35)8-6-10-24(26)44/h6,8,10,12,17,21-22,25,44H,7,9,11,13-15H2,1-5H3/t17-,21+,22-,25-/m1/s1. The molecule has 13 heteroatoms. The minimum atomic E-state index is -0.765. The first-order chi connectivity index (χ1) is 22.3. The highest BCUT2D eigenvalue weighted by Crippen LogP contribution is 2.54. The molecule has 2 aromatic carbocycles. The lowest BCUT2D eigenvalue weighted by Crippen LogP contribution is -2.65. The number of aromatic hydroxyl groups is 1. The van der Waals surface area contributed by atoms with Crippen LogP contribution >= 0.6 is 23.2 Å². The smallest absolute Gasteiger partial charge is 0.410 e. The minimum absolute atomic E-state index is 0.0163. The molecule has 2 saturated heterocycles. The molecule has 7 rings (SSSR count). The van der Waals surface area contributed by atoms with Crippen LogP contribution in [0.4, 0.5) is 20.6 Å². The van der Waals surface area contributed by atoms with E-state index in [-0.39, 0.29) is 63.1 Å². The van der Waals surface area contributed by atoms with Crippen LogP contribution in [0.1, 0.15) is 40.5 Å². The number of hydrogen-bond donors (Lipinski definition) is 1. The number of halogens is 3. The zero-order valence-corrected chi connectivity index (χ0v) is 28.3. The molecule has 248 valence electrons. The molecule has 0 saturated carbocycles. The fourth-order valence-corrected chi connectivity index (χ4v) is 8.05. The van der Waals surface area contributed by atoms with Crippen LogP contribution in [0.5, 0.6) is 11.6 Å². The summed E-state index contributed by atoms with van der Waals surface area (Å²) in [6, 6.07) is 5.25. The van der Waals surface area contributed by atoms with Crippen molar-refractivity contribution in [1.29, 1.82) is 0 Å². The van der Waals surface area contributed by atoms with Crippen molar-refractivity contribution in [2.24, 2.45) is 0 Å². The fraction of sp³-hybridized carbons (Fsp3) is 0.471. The molecular weight excluding hydrogens is 648 g/mol. The quantitative estimate of drug-likeness (QED) is 0.314. The highest BCUT2D eigenvalue weighted by Gasteiger charge is 2.50. The molecule has 2 fully saturated rings. The number of benzene rings is 2. The molecular formula is C34H36Cl2FN5O5. The van der Waals surface area contributed by atoms with Gasteiger partial charge in [-0.25, -0.2) is 19.0 Å². The molecule has 1 amide bonds. The molecule has 0 radical (unpaired) electrons. The van der Waals surface area contributed by atoms with Crippen LogP contribution in [-0.4, -0.2) is 95.0 Å². The van der Waals surface area contributed by atoms with Gasteiger partial charge in [0.05, 0.1) is 34.9 Å². The van der Waals surface area contributed by atoms with E-state index in [1.165, 1.54) is 6.07 Å². The first kappa shape index (κ1) is 31.8. The minimum Gasteiger partial charge on any atom is -0.507 e. The van der Waals surface area contributed by atoms with E-state index in [1.807, 2.05) is 44.5 Å². The number of phenolic OH excluding ortho intramolecular Hbond substituents is 1. The Morgan fingerprint density at radius 1 is 1.15 bits per heavy atom. The van der Waals surface area contributed by atoms with E-state index in [0.29, 0.717) is 35.5 Å². The molecule has 1 N–H and O–H groups in total. The zero-order chi connectivity index (χ0) is 33.5. The summed E-state index contributed by atoms with van der Waals surface area (Å²) in [6.45, 7) is 9.03. The maximum absolute atomic E-state index is 16.9. The van der Waals surface area contributed by atoms with Crippen molar-refractivity contribution in [3.05, 3.63) is 45.8 Å². The molecule has 4 aliphatic heterocycles. The normalized spacial score (nSPS) is 24.2. The molecule has 0 bridgehead atoms. The van der Waals surface area contributed by atoms with Gasteiger partial charge in [-0.1, -0.05) is 29.3 Å². The SMILES string of the molecule is C[C@@H]1CN2c3c4c(nc5c(F)c(-c6c(O)cccc6Cl)c(Cl)cc35)O[C@@H]([C@@H]3CCCN3C)CN4C(=C=O)[C@H]2CN1C(=O)OC(C)(C)C. The topological polar surface area (TPSA) is 98.7 Å². The van der Waals surface area contributed by atoms with Crippen LogP contribution in [0, 0.1) is 5.82 Å². The highest BCUT2D eigenvalue weighted by molar-refractivity contribution is 6.37. The molecule has 4 aliphatic rings. The third-order valence-electron chi connectivity index (χ3n) is 9.60. The Labute approximate surface area is 282 Å². The Hall–Kier alpha value is -3.76. The molecule has 47 heavy (non-hydrogen) atoms. The Morgan fingerprint density at radius 2 is 1.91 bits per heavy atom. The number of ether oxygens (including phenoxy) is 2. The third-order valence-corrected chi connectivity index (χ3v) is 10.2. The summed E-state index contributed by atoms with van der Waals surface area (Å²) in [7, 11) is 2.04. The van der Waals surface area contributed by atoms with E-state index >= 15 is 4.39 Å². The van der Waals surface area contributed by atoms with Crippen LogP contribution in [0.3, 0.4) is 0 Å². The number of aromatic nitrogens is 1. The Morgan fingerprint density at radius 3 is 2.57 bits per heavy atom. The van der Waals surface area contributed by atoms with E-state index in [2.05, 4.69) is 10.8 Å². The van der Waals surface area contributed by atoms with Crippen LogP contribution in [0.2, 0.25) is 10.0 Å². The van der Waals surface area contributed by atoms with Crippen molar-refractivity contribution in [1.82, 2.24) is 14.8 Å². The molecule has 1 aromatic heterocycles. The van der Waals surface area contributed by atoms with Crippen molar-refractivity contribution in [3.63, 3.8) is 0 Å². The molecule has 4 atom stereocenters. The largest absolute Gasteiger partial charge is 0.507 e. The summed E-state index contributed by atoms with van der Waals surface area (Å²) in [6.07, 6.45) is 1.03. The zero-order valence-electron chi connectivity index (χ0n) is 26.8. The predicted octanol–water partition coefficient (Wildman–Crippen LogP) is 6.26. The summed E-state index contributed by atoms with van der Waals surface area (Å²) in [5.41, 5.74) is 0.731. The maximum Gasteiger partial charge on any atom is 0.410 e. The summed E-state index contributed by atoms with van der Waals surface area (Å²) in [4.78, 5) is 38.8. The van der Waals surface area contributed by atoms with Crippen LogP contribution in [0.25, 0.3) is 22.0 Å². The van der Waals surface area contributed by atoms with Gasteiger partial charge in [-0.15, -0.1) is 0 Å². The van der Waals surface area contributed by atoms with E-state index < -0.39 is 23.6 Å². The molecule has 10 nitrogen and oxygen atoms in total. The van der Waals surface area contributed by atoms with Gasteiger partial charge in [-0.2, -0.15) is 0 Å². The summed E-state index contributed by atoms with van der Waals surface area (Å²) in [5.74, 6) is 1.40. The van der Waals surface area contributed by atoms with Gasteiger partial charge in [0, 0.05) is 35.1 Å². The van der Waals surface area contributed by atoms with Gasteiger partial charge in [-0.3, -0.25) is 4.90 Å². The predicted molar refractivity (Wildman–Crippen MR) is 179 cm³/mol. The fourth-order valence-electron chi connectivity index (χ4n) is 7.50. The number of fused-ring (bicyclic) bond motifs is 4. The number of hydrogen-bond acceptors (Lipinski definition) is 9. The van der Waals surface area contributed by atoms with Crippen molar-refractivity contribution >= 4 is 57.5 Å². The summed E-state index contributed by atoms with van der Waals surface area (Å²) >= 11 is 13.3. The van der Waals surface area contributed by atoms with Crippen LogP contribution in [-0.2, 0) is 9.53 Å². The van der Waals surface area contributed by atoms with E-state index in [9.17, 15) is 14.7 Å². The first-order valence-electron chi connectivity index (χ1n) is 15.8. The third kappa shape index (κ3) is 5.15. The van der Waals surface area contributed by atoms with Crippen molar-refractivity contribution in [3.8, 4) is 22.8 Å². The van der Waals surface area contributed by atoms with Gasteiger partial charge >= 0.3 is 6.09 Å². The average molecular weight is 685 g/mol. The second-order valence-corrected chi connectivity index (χ2v) is 14.6. The number of amides is 1. The van der Waals surface area contributed by atoms with Crippen molar-refractivity contribution in [2.75, 3.05) is 43.0 Å². The number of rotatable bonds is 2. The Balaban J connectivity index is 1.45. The molecule has 3 aromatic rings. The lowest BCUT2D eigenvalue weighted by molar-refractivity contribution is 0.0132. The first-order valence-corrected chi connectivity index (χ1v) is 16.5. The maximum atomic E-state index is 16.9. The summed E-state index contributed by atoms with van der Waals surface area (Å²) in [5, 5.41) is 11.3.